The first kappa shape index (κ1) is 11.6. The van der Waals surface area contributed by atoms with Gasteiger partial charge in [0.1, 0.15) is 0 Å². The van der Waals surface area contributed by atoms with E-state index in [0.29, 0.717) is 5.92 Å². The first-order valence-corrected chi connectivity index (χ1v) is 7.00. The fourth-order valence-electron chi connectivity index (χ4n) is 2.27. The van der Waals surface area contributed by atoms with Crippen LogP contribution in [0.3, 0.4) is 0 Å². The zero-order chi connectivity index (χ0) is 12.7. The van der Waals surface area contributed by atoms with Gasteiger partial charge in [0, 0.05) is 10.4 Å². The molecule has 0 radical (unpaired) electrons. The van der Waals surface area contributed by atoms with Gasteiger partial charge in [-0.25, -0.2) is 4.37 Å². The largest absolute Gasteiger partial charge is 0.288 e. The van der Waals surface area contributed by atoms with E-state index in [2.05, 4.69) is 10.4 Å². The van der Waals surface area contributed by atoms with Crippen molar-refractivity contribution in [2.24, 2.45) is 0 Å². The average Bonchev–Trinajstić information content (AvgIpc) is 3.06. The van der Waals surface area contributed by atoms with E-state index in [1.807, 2.05) is 26.0 Å². The van der Waals surface area contributed by atoms with Crippen molar-refractivity contribution in [1.82, 2.24) is 4.37 Å². The molecule has 1 aromatic carbocycles. The number of rotatable bonds is 3. The standard InChI is InChI=1S/C15H15NOS/c1-9-3-6-12(10(2)7-9)14(17)13-8-16-18-15(13)11-4-5-11/h3,6-8,11H,4-5H2,1-2H3. The quantitative estimate of drug-likeness (QED) is 0.781. The van der Waals surface area contributed by atoms with E-state index in [1.54, 1.807) is 6.20 Å². The zero-order valence-corrected chi connectivity index (χ0v) is 11.4. The van der Waals surface area contributed by atoms with Crippen molar-refractivity contribution < 1.29 is 4.79 Å². The Bertz CT molecular complexity index is 611. The smallest absolute Gasteiger partial charge is 0.196 e. The van der Waals surface area contributed by atoms with Crippen LogP contribution in [0.15, 0.2) is 24.4 Å². The van der Waals surface area contributed by atoms with Gasteiger partial charge in [-0.2, -0.15) is 0 Å². The SMILES string of the molecule is Cc1ccc(C(=O)c2cnsc2C2CC2)c(C)c1. The van der Waals surface area contributed by atoms with E-state index < -0.39 is 0 Å². The Balaban J connectivity index is 2.00. The lowest BCUT2D eigenvalue weighted by atomic mass is 9.97. The second-order valence-electron chi connectivity index (χ2n) is 5.03. The molecule has 92 valence electrons. The summed E-state index contributed by atoms with van der Waals surface area (Å²) in [6.07, 6.45) is 4.14. The summed E-state index contributed by atoms with van der Waals surface area (Å²) < 4.78 is 4.20. The number of aryl methyl sites for hydroxylation is 2. The third kappa shape index (κ3) is 1.99. The first-order chi connectivity index (χ1) is 8.66. The molecular weight excluding hydrogens is 242 g/mol. The van der Waals surface area contributed by atoms with Gasteiger partial charge in [-0.15, -0.1) is 0 Å². The van der Waals surface area contributed by atoms with Crippen molar-refractivity contribution in [2.45, 2.75) is 32.6 Å². The Morgan fingerprint density at radius 2 is 2.06 bits per heavy atom. The highest BCUT2D eigenvalue weighted by molar-refractivity contribution is 7.06. The number of ketones is 1. The Morgan fingerprint density at radius 3 is 2.72 bits per heavy atom. The Labute approximate surface area is 111 Å². The number of nitrogens with zero attached hydrogens (tertiary/aromatic N) is 1. The van der Waals surface area contributed by atoms with Crippen molar-refractivity contribution in [3.05, 3.63) is 51.5 Å². The molecule has 0 N–H and O–H groups in total. The van der Waals surface area contributed by atoms with E-state index in [9.17, 15) is 4.79 Å². The van der Waals surface area contributed by atoms with Gasteiger partial charge in [0.2, 0.25) is 0 Å². The number of carbonyl (C=O) groups excluding carboxylic acids is 1. The molecule has 2 aromatic rings. The predicted octanol–water partition coefficient (Wildman–Crippen LogP) is 3.87. The van der Waals surface area contributed by atoms with E-state index in [-0.39, 0.29) is 5.78 Å². The van der Waals surface area contributed by atoms with E-state index in [4.69, 9.17) is 0 Å². The van der Waals surface area contributed by atoms with Crippen molar-refractivity contribution in [3.8, 4) is 0 Å². The van der Waals surface area contributed by atoms with Gasteiger partial charge >= 0.3 is 0 Å². The maximum Gasteiger partial charge on any atom is 0.196 e. The molecule has 1 fully saturated rings. The van der Waals surface area contributed by atoms with Crippen molar-refractivity contribution in [1.29, 1.82) is 0 Å². The van der Waals surface area contributed by atoms with Gasteiger partial charge in [-0.05, 0) is 49.7 Å². The number of hydrogen-bond donors (Lipinski definition) is 0. The summed E-state index contributed by atoms with van der Waals surface area (Å²) in [4.78, 5) is 13.7. The van der Waals surface area contributed by atoms with Gasteiger partial charge in [0.15, 0.2) is 5.78 Å². The second kappa shape index (κ2) is 4.32. The lowest BCUT2D eigenvalue weighted by molar-refractivity contribution is 0.103. The molecule has 0 bridgehead atoms. The van der Waals surface area contributed by atoms with Crippen LogP contribution in [0.25, 0.3) is 0 Å². The number of aromatic nitrogens is 1. The summed E-state index contributed by atoms with van der Waals surface area (Å²) in [6, 6.07) is 5.99. The summed E-state index contributed by atoms with van der Waals surface area (Å²) in [7, 11) is 0. The molecule has 1 saturated carbocycles. The van der Waals surface area contributed by atoms with Gasteiger partial charge in [0.05, 0.1) is 11.8 Å². The van der Waals surface area contributed by atoms with Crippen molar-refractivity contribution >= 4 is 17.3 Å². The first-order valence-electron chi connectivity index (χ1n) is 6.23. The molecule has 1 aliphatic rings. The minimum atomic E-state index is 0.128. The van der Waals surface area contributed by atoms with Gasteiger partial charge < -0.3 is 0 Å². The molecule has 0 spiro atoms. The lowest BCUT2D eigenvalue weighted by Gasteiger charge is -2.06. The predicted molar refractivity (Wildman–Crippen MR) is 73.4 cm³/mol. The molecule has 0 aliphatic heterocycles. The average molecular weight is 257 g/mol. The highest BCUT2D eigenvalue weighted by Crippen LogP contribution is 2.44. The number of benzene rings is 1. The number of carbonyl (C=O) groups is 1. The van der Waals surface area contributed by atoms with E-state index in [0.717, 1.165) is 16.7 Å². The maximum atomic E-state index is 12.6. The highest BCUT2D eigenvalue weighted by Gasteiger charge is 2.30. The maximum absolute atomic E-state index is 12.6. The second-order valence-corrected chi connectivity index (χ2v) is 5.86. The molecule has 0 saturated heterocycles. The van der Waals surface area contributed by atoms with Crippen LogP contribution >= 0.6 is 11.5 Å². The van der Waals surface area contributed by atoms with Crippen LogP contribution in [0.5, 0.6) is 0 Å². The zero-order valence-electron chi connectivity index (χ0n) is 10.6. The summed E-state index contributed by atoms with van der Waals surface area (Å²) in [6.45, 7) is 4.04. The topological polar surface area (TPSA) is 30.0 Å². The molecule has 0 unspecified atom stereocenters. The molecular formula is C15H15NOS. The number of hydrogen-bond acceptors (Lipinski definition) is 3. The molecule has 0 amide bonds. The van der Waals surface area contributed by atoms with Crippen LogP contribution in [0, 0.1) is 13.8 Å². The molecule has 0 atom stereocenters. The normalized spacial score (nSPS) is 14.8. The minimum absolute atomic E-state index is 0.128. The summed E-state index contributed by atoms with van der Waals surface area (Å²) in [5.74, 6) is 0.713. The summed E-state index contributed by atoms with van der Waals surface area (Å²) in [5.41, 5.74) is 3.86. The molecule has 1 aliphatic carbocycles. The van der Waals surface area contributed by atoms with Crippen molar-refractivity contribution in [2.75, 3.05) is 0 Å². The van der Waals surface area contributed by atoms with Crippen LogP contribution in [-0.4, -0.2) is 10.2 Å². The van der Waals surface area contributed by atoms with Crippen LogP contribution in [-0.2, 0) is 0 Å². The molecule has 18 heavy (non-hydrogen) atoms. The Hall–Kier alpha value is -1.48. The Kier molecular flexibility index (Phi) is 2.78. The van der Waals surface area contributed by atoms with Crippen LogP contribution < -0.4 is 0 Å². The van der Waals surface area contributed by atoms with Crippen LogP contribution in [0.4, 0.5) is 0 Å². The lowest BCUT2D eigenvalue weighted by Crippen LogP contribution is -2.04. The monoisotopic (exact) mass is 257 g/mol. The third-order valence-corrected chi connectivity index (χ3v) is 4.38. The third-order valence-electron chi connectivity index (χ3n) is 3.42. The molecule has 1 heterocycles. The molecule has 1 aromatic heterocycles. The fourth-order valence-corrected chi connectivity index (χ4v) is 3.17. The molecule has 2 nitrogen and oxygen atoms in total. The minimum Gasteiger partial charge on any atom is -0.288 e. The van der Waals surface area contributed by atoms with Gasteiger partial charge in [0.25, 0.3) is 0 Å². The van der Waals surface area contributed by atoms with Crippen molar-refractivity contribution in [3.63, 3.8) is 0 Å². The Morgan fingerprint density at radius 1 is 1.28 bits per heavy atom. The van der Waals surface area contributed by atoms with Gasteiger partial charge in [-0.1, -0.05) is 23.8 Å². The van der Waals surface area contributed by atoms with Crippen LogP contribution in [0.2, 0.25) is 0 Å². The van der Waals surface area contributed by atoms with E-state index >= 15 is 0 Å². The summed E-state index contributed by atoms with van der Waals surface area (Å²) >= 11 is 1.48. The van der Waals surface area contributed by atoms with E-state index in [1.165, 1.54) is 34.8 Å². The highest BCUT2D eigenvalue weighted by atomic mass is 32.1. The molecule has 3 rings (SSSR count). The van der Waals surface area contributed by atoms with Gasteiger partial charge in [-0.3, -0.25) is 4.79 Å². The summed E-state index contributed by atoms with van der Waals surface area (Å²) in [5, 5.41) is 0. The van der Waals surface area contributed by atoms with Crippen LogP contribution in [0.1, 0.15) is 50.7 Å². The molecule has 3 heteroatoms. The fraction of sp³-hybridized carbons (Fsp3) is 0.333.